The van der Waals surface area contributed by atoms with Crippen LogP contribution in [-0.2, 0) is 76.8 Å². The molecule has 0 heterocycles. The summed E-state index contributed by atoms with van der Waals surface area (Å²) in [6.07, 6.45) is 5.04. The van der Waals surface area contributed by atoms with Crippen LogP contribution in [0.25, 0.3) is 0 Å². The molecule has 0 aromatic heterocycles. The summed E-state index contributed by atoms with van der Waals surface area (Å²) in [6, 6.07) is 89.0. The molecule has 0 N–H and O–H groups in total. The Balaban J connectivity index is 0.000000293. The second-order valence-electron chi connectivity index (χ2n) is 14.8. The van der Waals surface area contributed by atoms with Crippen molar-refractivity contribution in [2.24, 2.45) is 0 Å². The SMILES string of the molecule is N#[C][Hg][C]#N.N#[C][Hg][C]#N.P.[Hg].c1ccc([PH+](CC[PH+](c2ccccc2)c2ccccc2)c2ccccc2)cc1.c1ccc([PH+](CC[PH+](c2ccccc2)c2ccccc2)c2ccccc2)cc1. The Morgan fingerprint density at radius 3 is 0.456 bits per heavy atom. The standard InChI is InChI=1S/2C26H24P2.4CN.3Hg.H3P/c2*1-5-13-23(14-6-1)27(24-15-7-2-8-16-24)21-22-28(25-17-9-3-10-18-25)26-19-11-4-12-20-26;4*1-2;;;;/h2*1-20H,21-22H2;;;;;;;;1H3/p+4. The number of nitrogens with zero attached hydrogens (tertiary/aromatic N) is 4. The van der Waals surface area contributed by atoms with Crippen LogP contribution in [0.15, 0.2) is 243 Å². The van der Waals surface area contributed by atoms with Crippen molar-refractivity contribution < 1.29 is 76.8 Å². The number of hydrogen-bond donors (Lipinski definition) is 0. The summed E-state index contributed by atoms with van der Waals surface area (Å²) in [6.45, 7) is 0. The van der Waals surface area contributed by atoms with Gasteiger partial charge in [-0.15, -0.1) is 0 Å². The van der Waals surface area contributed by atoms with E-state index < -0.39 is 80.8 Å². The van der Waals surface area contributed by atoms with Crippen LogP contribution in [0.4, 0.5) is 0 Å². The van der Waals surface area contributed by atoms with Crippen LogP contribution in [-0.4, -0.2) is 24.6 Å². The molecule has 0 fully saturated rings. The van der Waals surface area contributed by atoms with E-state index in [2.05, 4.69) is 243 Å². The average molecular weight is 1540 g/mol. The van der Waals surface area contributed by atoms with Crippen LogP contribution < -0.4 is 42.4 Å². The van der Waals surface area contributed by atoms with Gasteiger partial charge in [0.05, 0.1) is 74.1 Å². The second-order valence-corrected chi connectivity index (χ2v) is 32.9. The van der Waals surface area contributed by atoms with Crippen molar-refractivity contribution in [2.75, 3.05) is 24.6 Å². The molecule has 0 saturated carbocycles. The summed E-state index contributed by atoms with van der Waals surface area (Å²) in [5.74, 6) is 0. The Labute approximate surface area is 458 Å². The van der Waals surface area contributed by atoms with Gasteiger partial charge in [-0.2, -0.15) is 9.90 Å². The summed E-state index contributed by atoms with van der Waals surface area (Å²) in [5, 5.41) is 42.9. The maximum Gasteiger partial charge on any atom is 0.101 e. The summed E-state index contributed by atoms with van der Waals surface area (Å²) in [4.78, 5) is 0. The van der Waals surface area contributed by atoms with E-state index in [0.29, 0.717) is 0 Å². The molecule has 0 aliphatic carbocycles. The third-order valence-corrected chi connectivity index (χ3v) is 25.2. The Morgan fingerprint density at radius 1 is 0.250 bits per heavy atom. The number of benzene rings is 8. The Morgan fingerprint density at radius 2 is 0.368 bits per heavy atom. The van der Waals surface area contributed by atoms with E-state index in [4.69, 9.17) is 21.0 Å². The van der Waals surface area contributed by atoms with Crippen molar-refractivity contribution in [1.29, 1.82) is 21.0 Å². The molecule has 0 bridgehead atoms. The Hall–Kier alpha value is -3.32. The van der Waals surface area contributed by atoms with E-state index in [-0.39, 0.29) is 37.6 Å². The molecule has 4 nitrogen and oxygen atoms in total. The Bertz CT molecular complexity index is 2170. The molecule has 0 amide bonds. The molecule has 12 heteroatoms. The van der Waals surface area contributed by atoms with Gasteiger partial charge in [-0.25, -0.2) is 0 Å². The molecule has 0 spiro atoms. The molecular formula is C56H55Hg3N4P5+4. The maximum atomic E-state index is 7.69. The molecule has 68 heavy (non-hydrogen) atoms. The van der Waals surface area contributed by atoms with Crippen LogP contribution in [0.2, 0.25) is 0 Å². The molecule has 0 saturated heterocycles. The molecule has 1 atom stereocenters. The number of nitriles is 4. The summed E-state index contributed by atoms with van der Waals surface area (Å²) < 4.78 is 7.51. The minimum absolute atomic E-state index is 0. The molecule has 8 aromatic rings. The number of rotatable bonds is 14. The zero-order chi connectivity index (χ0) is 46.3. The van der Waals surface area contributed by atoms with Gasteiger partial charge in [0.1, 0.15) is 24.6 Å². The predicted molar refractivity (Wildman–Crippen MR) is 295 cm³/mol. The van der Waals surface area contributed by atoms with Gasteiger partial charge >= 0.3 is 84.5 Å². The summed E-state index contributed by atoms with van der Waals surface area (Å²) in [5.41, 5.74) is 0. The molecule has 8 aromatic carbocycles. The minimum Gasteiger partial charge on any atom is -0.153 e. The first-order chi connectivity index (χ1) is 32.7. The average Bonchev–Trinajstić information content (AvgIpc) is 3.40. The van der Waals surface area contributed by atoms with Crippen LogP contribution in [0, 0.1) is 35.4 Å². The normalized spacial score (nSPS) is 9.53. The van der Waals surface area contributed by atoms with Crippen molar-refractivity contribution in [3.8, 4) is 14.3 Å². The van der Waals surface area contributed by atoms with Crippen molar-refractivity contribution in [1.82, 2.24) is 0 Å². The largest absolute Gasteiger partial charge is 0.153 e. The van der Waals surface area contributed by atoms with Crippen LogP contribution in [0.5, 0.6) is 0 Å². The van der Waals surface area contributed by atoms with Gasteiger partial charge in [0.2, 0.25) is 0 Å². The molecular weight excluding hydrogens is 1490 g/mol. The minimum atomic E-state index is -1.53. The van der Waals surface area contributed by atoms with Crippen molar-refractivity contribution in [3.05, 3.63) is 243 Å². The fraction of sp³-hybridized carbons (Fsp3) is 0.0714. The maximum absolute atomic E-state index is 7.69. The first-order valence-corrected chi connectivity index (χ1v) is 39.8. The fourth-order valence-electron chi connectivity index (χ4n) is 7.51. The van der Waals surface area contributed by atoms with Crippen molar-refractivity contribution in [2.45, 2.75) is 0 Å². The molecule has 0 aliphatic heterocycles. The zero-order valence-electron chi connectivity index (χ0n) is 38.5. The van der Waals surface area contributed by atoms with Crippen molar-refractivity contribution in [3.63, 3.8) is 0 Å². The monoisotopic (exact) mass is 1540 g/mol. The molecule has 0 aliphatic rings. The first kappa shape index (κ1) is 59.0. The van der Waals surface area contributed by atoms with E-state index in [0.717, 1.165) is 0 Å². The number of hydrogen-bond acceptors (Lipinski definition) is 4. The van der Waals surface area contributed by atoms with E-state index in [1.165, 1.54) is 67.1 Å². The third-order valence-electron chi connectivity index (χ3n) is 10.5. The predicted octanol–water partition coefficient (Wildman–Crippen LogP) is 9.55. The van der Waals surface area contributed by atoms with E-state index in [9.17, 15) is 0 Å². The van der Waals surface area contributed by atoms with Gasteiger partial charge < -0.3 is 0 Å². The second kappa shape index (κ2) is 36.6. The van der Waals surface area contributed by atoms with Gasteiger partial charge in [-0.1, -0.05) is 146 Å². The third kappa shape index (κ3) is 21.0. The van der Waals surface area contributed by atoms with Crippen LogP contribution in [0.3, 0.4) is 0 Å². The van der Waals surface area contributed by atoms with Gasteiger partial charge in [0, 0.05) is 27.7 Å². The molecule has 8 rings (SSSR count). The van der Waals surface area contributed by atoms with E-state index in [1.807, 2.05) is 14.3 Å². The van der Waals surface area contributed by atoms with Gasteiger partial charge in [-0.05, 0) is 97.1 Å². The molecule has 326 valence electrons. The van der Waals surface area contributed by atoms with Gasteiger partial charge in [0.15, 0.2) is 0 Å². The summed E-state index contributed by atoms with van der Waals surface area (Å²) in [7, 11) is -3.13. The van der Waals surface area contributed by atoms with Gasteiger partial charge in [0.25, 0.3) is 0 Å². The molecule has 0 radical (unpaired) electrons. The van der Waals surface area contributed by atoms with Gasteiger partial charge in [-0.3, -0.25) is 0 Å². The van der Waals surface area contributed by atoms with Crippen molar-refractivity contribution >= 4 is 84.0 Å². The fourth-order valence-corrected chi connectivity index (χ4v) is 20.5. The first-order valence-electron chi connectivity index (χ1n) is 22.0. The topological polar surface area (TPSA) is 95.2 Å². The Kier molecular flexibility index (Phi) is 31.7. The smallest absolute Gasteiger partial charge is 0.101 e. The molecule has 1 unspecified atom stereocenters. The van der Waals surface area contributed by atoms with E-state index >= 15 is 0 Å². The van der Waals surface area contributed by atoms with E-state index in [1.54, 1.807) is 0 Å². The quantitative estimate of drug-likeness (QED) is 0.0802. The van der Waals surface area contributed by atoms with Crippen LogP contribution in [0.1, 0.15) is 0 Å². The van der Waals surface area contributed by atoms with Crippen LogP contribution >= 0.6 is 41.6 Å². The zero-order valence-corrected chi connectivity index (χ0v) is 60.4. The summed E-state index contributed by atoms with van der Waals surface area (Å²) >= 11 is -3.06.